The van der Waals surface area contributed by atoms with Crippen molar-refractivity contribution >= 4 is 37.8 Å². The van der Waals surface area contributed by atoms with Crippen LogP contribution in [0.25, 0.3) is 0 Å². The van der Waals surface area contributed by atoms with Crippen LogP contribution < -0.4 is 0 Å². The maximum absolute atomic E-state index is 12.3. The Morgan fingerprint density at radius 2 is 2.07 bits per heavy atom. The Hall–Kier alpha value is 0.430. The number of nitrogens with zero attached hydrogens (tertiary/aromatic N) is 1. The van der Waals surface area contributed by atoms with Crippen LogP contribution in [-0.2, 0) is 4.79 Å². The first-order chi connectivity index (χ1) is 6.87. The molecule has 0 aromatic rings. The van der Waals surface area contributed by atoms with Gasteiger partial charge in [0.15, 0.2) is 0 Å². The van der Waals surface area contributed by atoms with Gasteiger partial charge >= 0.3 is 0 Å². The minimum atomic E-state index is -0.232. The molecule has 15 heavy (non-hydrogen) atoms. The number of piperidine rings is 1. The van der Waals surface area contributed by atoms with E-state index in [4.69, 9.17) is 0 Å². The molecule has 0 radical (unpaired) electrons. The SMILES string of the molecule is C[C@@H]1CCCN(C(=O)[C@]2(C)CC2(Br)Br)C1. The lowest BCUT2D eigenvalue weighted by Gasteiger charge is -2.33. The first-order valence-corrected chi connectivity index (χ1v) is 7.13. The number of hydrogen-bond acceptors (Lipinski definition) is 1. The summed E-state index contributed by atoms with van der Waals surface area (Å²) in [6.45, 7) is 6.14. The van der Waals surface area contributed by atoms with Crippen LogP contribution in [0.4, 0.5) is 0 Å². The molecule has 2 aliphatic rings. The minimum Gasteiger partial charge on any atom is -0.342 e. The second-order valence-corrected chi connectivity index (χ2v) is 8.98. The standard InChI is InChI=1S/C11H17Br2NO/c1-8-4-3-5-14(6-8)9(15)10(2)7-11(10,12)13/h8H,3-7H2,1-2H3/t8-,10+/m1/s1. The Labute approximate surface area is 108 Å². The first kappa shape index (κ1) is 11.9. The van der Waals surface area contributed by atoms with Crippen LogP contribution in [0.15, 0.2) is 0 Å². The monoisotopic (exact) mass is 337 g/mol. The number of rotatable bonds is 1. The van der Waals surface area contributed by atoms with E-state index in [1.807, 2.05) is 11.8 Å². The quantitative estimate of drug-likeness (QED) is 0.672. The van der Waals surface area contributed by atoms with E-state index in [0.717, 1.165) is 25.9 Å². The molecule has 1 aliphatic carbocycles. The molecule has 2 nitrogen and oxygen atoms in total. The Balaban J connectivity index is 2.03. The fourth-order valence-corrected chi connectivity index (χ4v) is 3.82. The van der Waals surface area contributed by atoms with Crippen molar-refractivity contribution in [1.29, 1.82) is 0 Å². The first-order valence-electron chi connectivity index (χ1n) is 5.54. The predicted octanol–water partition coefficient (Wildman–Crippen LogP) is 3.14. The summed E-state index contributed by atoms with van der Waals surface area (Å²) in [4.78, 5) is 14.3. The van der Waals surface area contributed by atoms with Crippen molar-refractivity contribution in [2.24, 2.45) is 11.3 Å². The average molecular weight is 339 g/mol. The van der Waals surface area contributed by atoms with E-state index >= 15 is 0 Å². The molecule has 1 amide bonds. The van der Waals surface area contributed by atoms with Gasteiger partial charge in [-0.3, -0.25) is 4.79 Å². The largest absolute Gasteiger partial charge is 0.342 e. The van der Waals surface area contributed by atoms with Crippen LogP contribution in [0.5, 0.6) is 0 Å². The maximum Gasteiger partial charge on any atom is 0.230 e. The molecule has 86 valence electrons. The zero-order chi connectivity index (χ0) is 11.3. The number of likely N-dealkylation sites (tertiary alicyclic amines) is 1. The van der Waals surface area contributed by atoms with Gasteiger partial charge in [-0.2, -0.15) is 0 Å². The summed E-state index contributed by atoms with van der Waals surface area (Å²) in [6.07, 6.45) is 3.30. The molecule has 1 aliphatic heterocycles. The van der Waals surface area contributed by atoms with Crippen molar-refractivity contribution in [2.45, 2.75) is 36.3 Å². The molecule has 2 rings (SSSR count). The highest BCUT2D eigenvalue weighted by atomic mass is 79.9. The fraction of sp³-hybridized carbons (Fsp3) is 0.909. The molecule has 0 aromatic carbocycles. The third-order valence-corrected chi connectivity index (χ3v) is 5.99. The number of carbonyl (C=O) groups is 1. The van der Waals surface area contributed by atoms with Gasteiger partial charge in [-0.15, -0.1) is 0 Å². The molecule has 1 heterocycles. The molecule has 2 atom stereocenters. The van der Waals surface area contributed by atoms with Crippen molar-refractivity contribution in [3.63, 3.8) is 0 Å². The number of hydrogen-bond donors (Lipinski definition) is 0. The normalized spacial score (nSPS) is 38.9. The van der Waals surface area contributed by atoms with E-state index in [-0.39, 0.29) is 8.65 Å². The molecule has 4 heteroatoms. The molecule has 1 saturated heterocycles. The molecule has 0 aromatic heterocycles. The molecule has 0 spiro atoms. The van der Waals surface area contributed by atoms with Crippen LogP contribution >= 0.6 is 31.9 Å². The highest BCUT2D eigenvalue weighted by molar-refractivity contribution is 9.25. The second kappa shape index (κ2) is 3.73. The summed E-state index contributed by atoms with van der Waals surface area (Å²) in [7, 11) is 0. The lowest BCUT2D eigenvalue weighted by molar-refractivity contribution is -0.138. The van der Waals surface area contributed by atoms with E-state index in [2.05, 4.69) is 38.8 Å². The van der Waals surface area contributed by atoms with Crippen molar-refractivity contribution < 1.29 is 4.79 Å². The highest BCUT2D eigenvalue weighted by Gasteiger charge is 2.67. The molecular weight excluding hydrogens is 322 g/mol. The molecule has 1 saturated carbocycles. The number of amides is 1. The zero-order valence-electron chi connectivity index (χ0n) is 9.22. The lowest BCUT2D eigenvalue weighted by Crippen LogP contribution is -2.43. The van der Waals surface area contributed by atoms with E-state index in [1.54, 1.807) is 0 Å². The van der Waals surface area contributed by atoms with Crippen molar-refractivity contribution in [3.05, 3.63) is 0 Å². The molecule has 0 N–H and O–H groups in total. The van der Waals surface area contributed by atoms with Gasteiger partial charge in [0, 0.05) is 13.1 Å². The zero-order valence-corrected chi connectivity index (χ0v) is 12.4. The predicted molar refractivity (Wildman–Crippen MR) is 68.3 cm³/mol. The Morgan fingerprint density at radius 3 is 2.53 bits per heavy atom. The average Bonchev–Trinajstić information content (AvgIpc) is 2.66. The van der Waals surface area contributed by atoms with Crippen LogP contribution in [0.1, 0.15) is 33.1 Å². The van der Waals surface area contributed by atoms with Crippen molar-refractivity contribution in [1.82, 2.24) is 4.90 Å². The van der Waals surface area contributed by atoms with Gasteiger partial charge in [-0.25, -0.2) is 0 Å². The molecule has 0 unspecified atom stereocenters. The summed E-state index contributed by atoms with van der Waals surface area (Å²) in [5.74, 6) is 0.966. The van der Waals surface area contributed by atoms with E-state index in [0.29, 0.717) is 11.8 Å². The molecule has 2 fully saturated rings. The van der Waals surface area contributed by atoms with Gasteiger partial charge < -0.3 is 4.90 Å². The number of alkyl halides is 2. The summed E-state index contributed by atoms with van der Waals surface area (Å²) >= 11 is 7.12. The third kappa shape index (κ3) is 1.99. The number of halogens is 2. The van der Waals surface area contributed by atoms with Crippen LogP contribution in [-0.4, -0.2) is 27.1 Å². The lowest BCUT2D eigenvalue weighted by atomic mass is 9.98. The smallest absolute Gasteiger partial charge is 0.230 e. The van der Waals surface area contributed by atoms with Crippen molar-refractivity contribution in [2.75, 3.05) is 13.1 Å². The van der Waals surface area contributed by atoms with Gasteiger partial charge in [-0.1, -0.05) is 38.8 Å². The van der Waals surface area contributed by atoms with Crippen LogP contribution in [0, 0.1) is 11.3 Å². The fourth-order valence-electron chi connectivity index (χ4n) is 2.35. The minimum absolute atomic E-state index is 0.148. The molecular formula is C11H17Br2NO. The number of carbonyl (C=O) groups excluding carboxylic acids is 1. The Bertz CT molecular complexity index is 292. The topological polar surface area (TPSA) is 20.3 Å². The summed E-state index contributed by atoms with van der Waals surface area (Å²) < 4.78 is -0.148. The van der Waals surface area contributed by atoms with E-state index in [1.165, 1.54) is 6.42 Å². The summed E-state index contributed by atoms with van der Waals surface area (Å²) in [5.41, 5.74) is -0.232. The third-order valence-electron chi connectivity index (χ3n) is 3.67. The molecule has 0 bridgehead atoms. The van der Waals surface area contributed by atoms with Gasteiger partial charge in [0.2, 0.25) is 5.91 Å². The Morgan fingerprint density at radius 1 is 1.47 bits per heavy atom. The highest BCUT2D eigenvalue weighted by Crippen LogP contribution is 2.67. The van der Waals surface area contributed by atoms with Gasteiger partial charge in [-0.05, 0) is 32.1 Å². The van der Waals surface area contributed by atoms with Crippen LogP contribution in [0.2, 0.25) is 0 Å². The van der Waals surface area contributed by atoms with Gasteiger partial charge in [0.25, 0.3) is 0 Å². The Kier molecular flexibility index (Phi) is 2.96. The maximum atomic E-state index is 12.3. The summed E-state index contributed by atoms with van der Waals surface area (Å²) in [6, 6.07) is 0. The van der Waals surface area contributed by atoms with Crippen LogP contribution in [0.3, 0.4) is 0 Å². The van der Waals surface area contributed by atoms with Gasteiger partial charge in [0.05, 0.1) is 8.65 Å². The van der Waals surface area contributed by atoms with E-state index < -0.39 is 0 Å². The van der Waals surface area contributed by atoms with Crippen molar-refractivity contribution in [3.8, 4) is 0 Å². The van der Waals surface area contributed by atoms with E-state index in [9.17, 15) is 4.79 Å². The second-order valence-electron chi connectivity index (χ2n) is 5.21. The van der Waals surface area contributed by atoms with Gasteiger partial charge in [0.1, 0.15) is 0 Å². The summed E-state index contributed by atoms with van der Waals surface area (Å²) in [5, 5.41) is 0.